The van der Waals surface area contributed by atoms with E-state index < -0.39 is 18.1 Å². The van der Waals surface area contributed by atoms with Gasteiger partial charge in [0.25, 0.3) is 5.91 Å². The Balaban J connectivity index is 1.59. The molecule has 2 heterocycles. The van der Waals surface area contributed by atoms with Gasteiger partial charge in [0, 0.05) is 5.02 Å². The second kappa shape index (κ2) is 8.08. The fraction of sp³-hybridized carbons (Fsp3) is 0.231. The molecule has 0 unspecified atom stereocenters. The van der Waals surface area contributed by atoms with Crippen molar-refractivity contribution in [2.45, 2.75) is 32.4 Å². The monoisotopic (exact) mass is 446 g/mol. The lowest BCUT2D eigenvalue weighted by Gasteiger charge is -2.29. The van der Waals surface area contributed by atoms with Gasteiger partial charge >= 0.3 is 0 Å². The molecule has 3 aromatic carbocycles. The number of hydroxylamine groups is 1. The number of carbonyl (C=O) groups is 2. The second-order valence-electron chi connectivity index (χ2n) is 8.15. The standard InChI is InChI=1S/C26H23ClN2O3/c1-3-17-12-14-18(15-13-17)23-22-24(32-29(23)19-8-5-4-6-9-19)26(31)28(25(22)30)21-11-7-10-20(27)16(21)2/h4-15,22-24H,3H2,1-2H3/t22-,23-,24-/m1/s1. The highest BCUT2D eigenvalue weighted by atomic mass is 35.5. The van der Waals surface area contributed by atoms with Gasteiger partial charge in [-0.3, -0.25) is 14.4 Å². The third-order valence-electron chi connectivity index (χ3n) is 6.34. The van der Waals surface area contributed by atoms with Gasteiger partial charge in [0.1, 0.15) is 5.92 Å². The molecule has 0 radical (unpaired) electrons. The van der Waals surface area contributed by atoms with Crippen LogP contribution in [0.4, 0.5) is 11.4 Å². The Bertz CT molecular complexity index is 1180. The molecule has 0 spiro atoms. The summed E-state index contributed by atoms with van der Waals surface area (Å²) < 4.78 is 0. The quantitative estimate of drug-likeness (QED) is 0.513. The van der Waals surface area contributed by atoms with Crippen LogP contribution in [0.1, 0.15) is 29.7 Å². The molecule has 0 bridgehead atoms. The highest BCUT2D eigenvalue weighted by Gasteiger charge is 2.60. The first kappa shape index (κ1) is 20.7. The first-order valence-corrected chi connectivity index (χ1v) is 11.1. The van der Waals surface area contributed by atoms with Crippen LogP contribution in [-0.2, 0) is 20.8 Å². The number of imide groups is 1. The summed E-state index contributed by atoms with van der Waals surface area (Å²) in [5.74, 6) is -1.29. The molecule has 6 heteroatoms. The van der Waals surface area contributed by atoms with E-state index in [2.05, 4.69) is 19.1 Å². The molecule has 3 atom stereocenters. The molecular formula is C26H23ClN2O3. The third kappa shape index (κ3) is 3.20. The summed E-state index contributed by atoms with van der Waals surface area (Å²) in [6.45, 7) is 3.91. The van der Waals surface area contributed by atoms with E-state index in [0.717, 1.165) is 17.7 Å². The highest BCUT2D eigenvalue weighted by molar-refractivity contribution is 6.32. The first-order chi connectivity index (χ1) is 15.5. The zero-order valence-corrected chi connectivity index (χ0v) is 18.6. The number of benzene rings is 3. The maximum absolute atomic E-state index is 13.7. The number of para-hydroxylation sites is 1. The molecule has 2 aliphatic heterocycles. The van der Waals surface area contributed by atoms with Crippen LogP contribution in [0.5, 0.6) is 0 Å². The van der Waals surface area contributed by atoms with Crippen LogP contribution >= 0.6 is 11.6 Å². The predicted octanol–water partition coefficient (Wildman–Crippen LogP) is 5.26. The van der Waals surface area contributed by atoms with E-state index in [-0.39, 0.29) is 11.8 Å². The van der Waals surface area contributed by atoms with Crippen molar-refractivity contribution in [2.24, 2.45) is 5.92 Å². The van der Waals surface area contributed by atoms with Crippen LogP contribution in [0.3, 0.4) is 0 Å². The molecule has 3 aromatic rings. The number of carbonyl (C=O) groups excluding carboxylic acids is 2. The van der Waals surface area contributed by atoms with Crippen LogP contribution < -0.4 is 9.96 Å². The zero-order chi connectivity index (χ0) is 22.4. The number of rotatable bonds is 4. The third-order valence-corrected chi connectivity index (χ3v) is 6.75. The number of halogens is 1. The van der Waals surface area contributed by atoms with Gasteiger partial charge in [-0.1, -0.05) is 67.1 Å². The summed E-state index contributed by atoms with van der Waals surface area (Å²) in [5, 5.41) is 2.23. The molecule has 162 valence electrons. The van der Waals surface area contributed by atoms with Crippen molar-refractivity contribution in [3.8, 4) is 0 Å². The minimum absolute atomic E-state index is 0.270. The second-order valence-corrected chi connectivity index (χ2v) is 8.56. The minimum atomic E-state index is -0.892. The molecule has 0 aliphatic carbocycles. The molecule has 0 N–H and O–H groups in total. The Hall–Kier alpha value is -3.15. The topological polar surface area (TPSA) is 49.9 Å². The van der Waals surface area contributed by atoms with E-state index in [1.165, 1.54) is 10.5 Å². The smallest absolute Gasteiger partial charge is 0.266 e. The van der Waals surface area contributed by atoms with Crippen LogP contribution in [0.15, 0.2) is 72.8 Å². The van der Waals surface area contributed by atoms with E-state index in [1.807, 2.05) is 49.4 Å². The van der Waals surface area contributed by atoms with Crippen LogP contribution in [0.2, 0.25) is 5.02 Å². The van der Waals surface area contributed by atoms with E-state index in [1.54, 1.807) is 23.3 Å². The SMILES string of the molecule is CCc1ccc([C@@H]2[C@H]3C(=O)N(c4cccc(Cl)c4C)C(=O)[C@@H]3ON2c2ccccc2)cc1. The number of nitrogens with zero attached hydrogens (tertiary/aromatic N) is 2. The van der Waals surface area contributed by atoms with Gasteiger partial charge in [0.05, 0.1) is 17.4 Å². The van der Waals surface area contributed by atoms with E-state index >= 15 is 0 Å². The fourth-order valence-corrected chi connectivity index (χ4v) is 4.75. The zero-order valence-electron chi connectivity index (χ0n) is 17.9. The first-order valence-electron chi connectivity index (χ1n) is 10.7. The highest BCUT2D eigenvalue weighted by Crippen LogP contribution is 2.48. The Kier molecular flexibility index (Phi) is 5.24. The van der Waals surface area contributed by atoms with Gasteiger partial charge in [-0.25, -0.2) is 9.96 Å². The van der Waals surface area contributed by atoms with Crippen LogP contribution in [0.25, 0.3) is 0 Å². The van der Waals surface area contributed by atoms with Crippen LogP contribution in [-0.4, -0.2) is 17.9 Å². The molecule has 2 amide bonds. The molecular weight excluding hydrogens is 424 g/mol. The van der Waals surface area contributed by atoms with Crippen molar-refractivity contribution in [1.82, 2.24) is 0 Å². The van der Waals surface area contributed by atoms with Crippen LogP contribution in [0, 0.1) is 12.8 Å². The molecule has 5 rings (SSSR count). The lowest BCUT2D eigenvalue weighted by atomic mass is 9.90. The van der Waals surface area contributed by atoms with Gasteiger partial charge in [-0.15, -0.1) is 0 Å². The fourth-order valence-electron chi connectivity index (χ4n) is 4.58. The maximum atomic E-state index is 13.7. The Labute approximate surface area is 192 Å². The molecule has 2 fully saturated rings. The van der Waals surface area contributed by atoms with Gasteiger partial charge in [0.2, 0.25) is 5.91 Å². The maximum Gasteiger partial charge on any atom is 0.266 e. The van der Waals surface area contributed by atoms with E-state index in [0.29, 0.717) is 16.3 Å². The van der Waals surface area contributed by atoms with Gasteiger partial charge in [0.15, 0.2) is 6.10 Å². The van der Waals surface area contributed by atoms with Crippen molar-refractivity contribution < 1.29 is 14.4 Å². The van der Waals surface area contributed by atoms with Crippen molar-refractivity contribution >= 4 is 34.8 Å². The lowest BCUT2D eigenvalue weighted by molar-refractivity contribution is -0.126. The van der Waals surface area contributed by atoms with E-state index in [9.17, 15) is 9.59 Å². The Morgan fingerprint density at radius 2 is 1.62 bits per heavy atom. The number of anilines is 2. The molecule has 0 aromatic heterocycles. The average Bonchev–Trinajstić information content (AvgIpc) is 3.33. The summed E-state index contributed by atoms with van der Waals surface area (Å²) in [6.07, 6.45) is 0.0340. The van der Waals surface area contributed by atoms with Gasteiger partial charge in [-0.2, -0.15) is 0 Å². The normalized spacial score (nSPS) is 22.5. The van der Waals surface area contributed by atoms with Crippen molar-refractivity contribution in [3.63, 3.8) is 0 Å². The van der Waals surface area contributed by atoms with Gasteiger partial charge in [-0.05, 0) is 54.3 Å². The summed E-state index contributed by atoms with van der Waals surface area (Å²) in [7, 11) is 0. The van der Waals surface area contributed by atoms with Crippen molar-refractivity contribution in [2.75, 3.05) is 9.96 Å². The molecule has 0 saturated carbocycles. The lowest BCUT2D eigenvalue weighted by Crippen LogP contribution is -2.37. The predicted molar refractivity (Wildman–Crippen MR) is 125 cm³/mol. The van der Waals surface area contributed by atoms with Crippen molar-refractivity contribution in [1.29, 1.82) is 0 Å². The molecule has 2 aliphatic rings. The Morgan fingerprint density at radius 3 is 2.31 bits per heavy atom. The van der Waals surface area contributed by atoms with E-state index in [4.69, 9.17) is 16.4 Å². The number of hydrogen-bond donors (Lipinski definition) is 0. The summed E-state index contributed by atoms with van der Waals surface area (Å²) >= 11 is 6.28. The largest absolute Gasteiger partial charge is 0.273 e. The Morgan fingerprint density at radius 1 is 0.906 bits per heavy atom. The van der Waals surface area contributed by atoms with Crippen molar-refractivity contribution in [3.05, 3.63) is 94.5 Å². The molecule has 5 nitrogen and oxygen atoms in total. The summed E-state index contributed by atoms with van der Waals surface area (Å²) in [6, 6.07) is 22.6. The molecule has 2 saturated heterocycles. The number of aryl methyl sites for hydroxylation is 1. The number of fused-ring (bicyclic) bond motifs is 1. The minimum Gasteiger partial charge on any atom is -0.273 e. The summed E-state index contributed by atoms with van der Waals surface area (Å²) in [5.41, 5.74) is 4.15. The number of amides is 2. The number of hydrogen-bond acceptors (Lipinski definition) is 4. The van der Waals surface area contributed by atoms with Gasteiger partial charge < -0.3 is 0 Å². The average molecular weight is 447 g/mol. The molecule has 32 heavy (non-hydrogen) atoms. The summed E-state index contributed by atoms with van der Waals surface area (Å²) in [4.78, 5) is 34.6.